The lowest BCUT2D eigenvalue weighted by atomic mass is 9.97. The first-order valence-electron chi connectivity index (χ1n) is 8.57. The number of hydrogen-bond donors (Lipinski definition) is 3. The van der Waals surface area contributed by atoms with Gasteiger partial charge < -0.3 is 15.4 Å². The van der Waals surface area contributed by atoms with E-state index in [1.807, 2.05) is 13.8 Å². The van der Waals surface area contributed by atoms with Crippen LogP contribution >= 0.6 is 0 Å². The van der Waals surface area contributed by atoms with Crippen LogP contribution < -0.4 is 15.4 Å². The summed E-state index contributed by atoms with van der Waals surface area (Å²) in [7, 11) is 0. The quantitative estimate of drug-likeness (QED) is 0.585. The summed E-state index contributed by atoms with van der Waals surface area (Å²) in [5.41, 5.74) is 0.836. The molecule has 0 bridgehead atoms. The number of aromatic amines is 1. The Labute approximate surface area is 157 Å². The first-order chi connectivity index (χ1) is 13.3. The van der Waals surface area contributed by atoms with Crippen molar-refractivity contribution in [1.82, 2.24) is 35.3 Å². The maximum Gasteiger partial charge on any atom is 0.388 e. The van der Waals surface area contributed by atoms with E-state index in [-0.39, 0.29) is 23.2 Å². The Kier molecular flexibility index (Phi) is 4.32. The third-order valence-corrected chi connectivity index (χ3v) is 4.35. The molecule has 1 fully saturated rings. The van der Waals surface area contributed by atoms with Crippen molar-refractivity contribution in [2.75, 3.05) is 5.32 Å². The number of carbonyl (C=O) groups is 1. The number of amides is 1. The molecule has 0 radical (unpaired) electrons. The second-order valence-corrected chi connectivity index (χ2v) is 7.19. The molecule has 1 unspecified atom stereocenters. The highest BCUT2D eigenvalue weighted by molar-refractivity contribution is 5.82. The van der Waals surface area contributed by atoms with Gasteiger partial charge in [-0.2, -0.15) is 13.9 Å². The first kappa shape index (κ1) is 18.1. The van der Waals surface area contributed by atoms with Crippen molar-refractivity contribution in [2.24, 2.45) is 5.92 Å². The number of anilines is 2. The SMILES string of the molecule is CC1(C)CC(Cn2ncc3ncc(Nc4cc(OC(F)F)n[nH]4)nc32)C(=O)N1. The summed E-state index contributed by atoms with van der Waals surface area (Å²) in [5.74, 6) is 0.203. The monoisotopic (exact) mass is 392 g/mol. The molecule has 0 saturated carbocycles. The van der Waals surface area contributed by atoms with Crippen molar-refractivity contribution in [3.63, 3.8) is 0 Å². The zero-order valence-corrected chi connectivity index (χ0v) is 15.1. The van der Waals surface area contributed by atoms with Gasteiger partial charge in [0.05, 0.1) is 24.9 Å². The molecule has 10 nitrogen and oxygen atoms in total. The number of fused-ring (bicyclic) bond motifs is 1. The van der Waals surface area contributed by atoms with E-state index in [2.05, 4.69) is 40.6 Å². The van der Waals surface area contributed by atoms with E-state index in [1.165, 1.54) is 12.3 Å². The Hall–Kier alpha value is -3.31. The van der Waals surface area contributed by atoms with E-state index in [0.717, 1.165) is 0 Å². The summed E-state index contributed by atoms with van der Waals surface area (Å²) in [4.78, 5) is 20.9. The number of hydrogen-bond acceptors (Lipinski definition) is 7. The fourth-order valence-corrected chi connectivity index (χ4v) is 3.25. The van der Waals surface area contributed by atoms with Gasteiger partial charge in [0.2, 0.25) is 11.8 Å². The van der Waals surface area contributed by atoms with Crippen LogP contribution in [0.15, 0.2) is 18.5 Å². The van der Waals surface area contributed by atoms with Crippen molar-refractivity contribution >= 4 is 28.7 Å². The van der Waals surface area contributed by atoms with Crippen molar-refractivity contribution in [2.45, 2.75) is 39.0 Å². The van der Waals surface area contributed by atoms with Crippen LogP contribution in [0.5, 0.6) is 5.88 Å². The van der Waals surface area contributed by atoms with Crippen molar-refractivity contribution in [3.05, 3.63) is 18.5 Å². The average molecular weight is 392 g/mol. The summed E-state index contributed by atoms with van der Waals surface area (Å²) in [5, 5.41) is 16.3. The summed E-state index contributed by atoms with van der Waals surface area (Å²) >= 11 is 0. The molecule has 12 heteroatoms. The van der Waals surface area contributed by atoms with Gasteiger partial charge in [0.25, 0.3) is 0 Å². The number of ether oxygens (including phenoxy) is 1. The largest absolute Gasteiger partial charge is 0.415 e. The highest BCUT2D eigenvalue weighted by atomic mass is 19.3. The number of carbonyl (C=O) groups excluding carboxylic acids is 1. The number of nitrogens with zero attached hydrogens (tertiary/aromatic N) is 5. The number of halogens is 2. The second kappa shape index (κ2) is 6.69. The molecule has 1 atom stereocenters. The summed E-state index contributed by atoms with van der Waals surface area (Å²) < 4.78 is 30.3. The molecule has 1 aliphatic rings. The third-order valence-electron chi connectivity index (χ3n) is 4.35. The van der Waals surface area contributed by atoms with Gasteiger partial charge in [0.1, 0.15) is 11.3 Å². The molecule has 1 saturated heterocycles. The Morgan fingerprint density at radius 2 is 2.25 bits per heavy atom. The zero-order valence-electron chi connectivity index (χ0n) is 15.1. The van der Waals surface area contributed by atoms with Gasteiger partial charge in [-0.1, -0.05) is 0 Å². The van der Waals surface area contributed by atoms with Crippen molar-refractivity contribution in [3.8, 4) is 5.88 Å². The molecule has 0 spiro atoms. The highest BCUT2D eigenvalue weighted by Gasteiger charge is 2.37. The van der Waals surface area contributed by atoms with Crippen molar-refractivity contribution < 1.29 is 18.3 Å². The van der Waals surface area contributed by atoms with E-state index < -0.39 is 6.61 Å². The Morgan fingerprint density at radius 3 is 2.96 bits per heavy atom. The van der Waals surface area contributed by atoms with Crippen molar-refractivity contribution in [1.29, 1.82) is 0 Å². The maximum atomic E-state index is 12.2. The lowest BCUT2D eigenvalue weighted by Gasteiger charge is -2.16. The van der Waals surface area contributed by atoms with Crippen LogP contribution in [0.1, 0.15) is 20.3 Å². The Balaban J connectivity index is 1.53. The molecule has 1 amide bonds. The lowest BCUT2D eigenvalue weighted by molar-refractivity contribution is -0.123. The molecule has 4 heterocycles. The average Bonchev–Trinajstić information content (AvgIpc) is 3.26. The van der Waals surface area contributed by atoms with E-state index in [0.29, 0.717) is 35.8 Å². The second-order valence-electron chi connectivity index (χ2n) is 7.19. The molecule has 148 valence electrons. The minimum Gasteiger partial charge on any atom is -0.415 e. The molecule has 1 aliphatic heterocycles. The molecule has 3 N–H and O–H groups in total. The van der Waals surface area contributed by atoms with Gasteiger partial charge in [-0.05, 0) is 20.3 Å². The first-order valence-corrected chi connectivity index (χ1v) is 8.57. The molecule has 4 rings (SSSR count). The molecule has 3 aromatic heterocycles. The van der Waals surface area contributed by atoms with Crippen LogP contribution in [0.3, 0.4) is 0 Å². The van der Waals surface area contributed by atoms with Gasteiger partial charge in [0, 0.05) is 11.6 Å². The van der Waals surface area contributed by atoms with Crippen LogP contribution in [0.4, 0.5) is 20.4 Å². The predicted octanol–water partition coefficient (Wildman–Crippen LogP) is 1.81. The van der Waals surface area contributed by atoms with Crippen LogP contribution in [-0.2, 0) is 11.3 Å². The van der Waals surface area contributed by atoms with E-state index >= 15 is 0 Å². The fourth-order valence-electron chi connectivity index (χ4n) is 3.25. The van der Waals surface area contributed by atoms with E-state index in [4.69, 9.17) is 0 Å². The normalized spacial score (nSPS) is 18.6. The highest BCUT2D eigenvalue weighted by Crippen LogP contribution is 2.26. The summed E-state index contributed by atoms with van der Waals surface area (Å²) in [6.07, 6.45) is 3.75. The minimum atomic E-state index is -2.96. The molecule has 0 aromatic carbocycles. The zero-order chi connectivity index (χ0) is 19.9. The summed E-state index contributed by atoms with van der Waals surface area (Å²) in [6, 6.07) is 1.28. The number of aromatic nitrogens is 6. The topological polar surface area (TPSA) is 123 Å². The third kappa shape index (κ3) is 3.70. The maximum absolute atomic E-state index is 12.2. The number of alkyl halides is 2. The van der Waals surface area contributed by atoms with E-state index in [1.54, 1.807) is 10.9 Å². The van der Waals surface area contributed by atoms with Crippen LogP contribution in [0, 0.1) is 5.92 Å². The van der Waals surface area contributed by atoms with Crippen LogP contribution in [0.25, 0.3) is 11.2 Å². The molecule has 0 aliphatic carbocycles. The number of H-pyrrole nitrogens is 1. The van der Waals surface area contributed by atoms with Gasteiger partial charge in [-0.3, -0.25) is 9.89 Å². The Bertz CT molecular complexity index is 1020. The van der Waals surface area contributed by atoms with Gasteiger partial charge in [0.15, 0.2) is 11.5 Å². The van der Waals surface area contributed by atoms with Gasteiger partial charge in [-0.25, -0.2) is 14.6 Å². The standard InChI is InChI=1S/C16H18F2N8O2/c1-16(2)4-8(14(27)23-16)7-26-13-9(5-20-26)19-6-11(22-13)21-10-3-12(25-24-10)28-15(17)18/h3,5-6,8,15H,4,7H2,1-2H3,(H,23,27)(H2,21,22,24,25). The number of nitrogens with one attached hydrogen (secondary N) is 3. The Morgan fingerprint density at radius 1 is 1.43 bits per heavy atom. The van der Waals surface area contributed by atoms with Crippen LogP contribution in [-0.4, -0.2) is 48.0 Å². The molecule has 3 aromatic rings. The predicted molar refractivity (Wildman–Crippen MR) is 94.2 cm³/mol. The smallest absolute Gasteiger partial charge is 0.388 e. The number of rotatable bonds is 6. The van der Waals surface area contributed by atoms with E-state index in [9.17, 15) is 13.6 Å². The summed E-state index contributed by atoms with van der Waals surface area (Å²) in [6.45, 7) is 1.38. The van der Waals surface area contributed by atoms with Gasteiger partial charge >= 0.3 is 6.61 Å². The minimum absolute atomic E-state index is 0.0140. The van der Waals surface area contributed by atoms with Gasteiger partial charge in [-0.15, -0.1) is 5.10 Å². The lowest BCUT2D eigenvalue weighted by Crippen LogP contribution is -2.34. The molecular weight excluding hydrogens is 374 g/mol. The fraction of sp³-hybridized carbons (Fsp3) is 0.438. The molecule has 28 heavy (non-hydrogen) atoms. The molecular formula is C16H18F2N8O2. The van der Waals surface area contributed by atoms with Crippen LogP contribution in [0.2, 0.25) is 0 Å².